The summed E-state index contributed by atoms with van der Waals surface area (Å²) in [6, 6.07) is 12.3. The second kappa shape index (κ2) is 9.33. The molecule has 2 aromatic rings. The third-order valence-electron chi connectivity index (χ3n) is 3.92. The van der Waals surface area contributed by atoms with Crippen LogP contribution in [0, 0.1) is 0 Å². The third-order valence-corrected chi connectivity index (χ3v) is 5.07. The van der Waals surface area contributed by atoms with E-state index in [1.54, 1.807) is 25.1 Å². The van der Waals surface area contributed by atoms with Gasteiger partial charge in [-0.15, -0.1) is 0 Å². The molecule has 0 aliphatic rings. The highest BCUT2D eigenvalue weighted by molar-refractivity contribution is 7.92. The summed E-state index contributed by atoms with van der Waals surface area (Å²) in [5.74, 6) is -1.48. The number of nitrogens with one attached hydrogen (secondary N) is 1. The van der Waals surface area contributed by atoms with Crippen LogP contribution < -0.4 is 9.62 Å². The lowest BCUT2D eigenvalue weighted by molar-refractivity contribution is -0.114. The standard InChI is InChI=1S/C20H22N2O6S/c1-4-28-20(25)17-10-5-6-11-18(17)21-19(24)13-22(29(3,26)27)16-9-7-8-15(12-16)14(2)23/h5-12H,4,13H2,1-3H3,(H,21,24). The number of ether oxygens (including phenoxy) is 1. The smallest absolute Gasteiger partial charge is 0.340 e. The Balaban J connectivity index is 2.28. The number of hydrogen-bond donors (Lipinski definition) is 1. The van der Waals surface area contributed by atoms with E-state index in [0.717, 1.165) is 10.6 Å². The lowest BCUT2D eigenvalue weighted by Crippen LogP contribution is -2.37. The largest absolute Gasteiger partial charge is 0.462 e. The van der Waals surface area contributed by atoms with Crippen molar-refractivity contribution in [1.82, 2.24) is 0 Å². The molecular weight excluding hydrogens is 396 g/mol. The van der Waals surface area contributed by atoms with Gasteiger partial charge in [0.15, 0.2) is 5.78 Å². The molecule has 0 heterocycles. The summed E-state index contributed by atoms with van der Waals surface area (Å²) in [5.41, 5.74) is 0.882. The number of amides is 1. The summed E-state index contributed by atoms with van der Waals surface area (Å²) in [5, 5.41) is 2.55. The van der Waals surface area contributed by atoms with Crippen molar-refractivity contribution in [3.05, 3.63) is 59.7 Å². The first-order chi connectivity index (χ1) is 13.6. The lowest BCUT2D eigenvalue weighted by Gasteiger charge is -2.22. The fourth-order valence-corrected chi connectivity index (χ4v) is 3.43. The molecule has 0 aliphatic carbocycles. The van der Waals surface area contributed by atoms with E-state index < -0.39 is 28.4 Å². The van der Waals surface area contributed by atoms with Gasteiger partial charge in [-0.2, -0.15) is 0 Å². The summed E-state index contributed by atoms with van der Waals surface area (Å²) in [4.78, 5) is 36.2. The van der Waals surface area contributed by atoms with Crippen LogP contribution in [-0.4, -0.2) is 45.5 Å². The van der Waals surface area contributed by atoms with Crippen LogP contribution in [0.5, 0.6) is 0 Å². The maximum atomic E-state index is 12.6. The normalized spacial score (nSPS) is 10.9. The highest BCUT2D eigenvalue weighted by atomic mass is 32.2. The Bertz CT molecular complexity index is 1030. The average Bonchev–Trinajstić information content (AvgIpc) is 2.66. The Morgan fingerprint density at radius 1 is 1.07 bits per heavy atom. The number of hydrogen-bond acceptors (Lipinski definition) is 6. The molecule has 0 spiro atoms. The van der Waals surface area contributed by atoms with Crippen molar-refractivity contribution in [2.45, 2.75) is 13.8 Å². The van der Waals surface area contributed by atoms with E-state index >= 15 is 0 Å². The van der Waals surface area contributed by atoms with Crippen LogP contribution in [0.4, 0.5) is 11.4 Å². The van der Waals surface area contributed by atoms with E-state index in [9.17, 15) is 22.8 Å². The number of Topliss-reactive ketones (excluding diaryl/α,β-unsaturated/α-hetero) is 1. The number of ketones is 1. The number of nitrogens with zero attached hydrogens (tertiary/aromatic N) is 1. The van der Waals surface area contributed by atoms with E-state index in [0.29, 0.717) is 5.56 Å². The number of carbonyl (C=O) groups is 3. The SMILES string of the molecule is CCOC(=O)c1ccccc1NC(=O)CN(c1cccc(C(C)=O)c1)S(C)(=O)=O. The molecule has 0 aliphatic heterocycles. The Kier molecular flexibility index (Phi) is 7.11. The van der Waals surface area contributed by atoms with Gasteiger partial charge < -0.3 is 10.1 Å². The Morgan fingerprint density at radius 3 is 2.38 bits per heavy atom. The topological polar surface area (TPSA) is 110 Å². The zero-order valence-corrected chi connectivity index (χ0v) is 17.2. The highest BCUT2D eigenvalue weighted by Crippen LogP contribution is 2.21. The maximum Gasteiger partial charge on any atom is 0.340 e. The zero-order valence-electron chi connectivity index (χ0n) is 16.3. The van der Waals surface area contributed by atoms with Gasteiger partial charge in [-0.25, -0.2) is 13.2 Å². The van der Waals surface area contributed by atoms with Crippen molar-refractivity contribution in [2.75, 3.05) is 29.0 Å². The Hall–Kier alpha value is -3.20. The molecule has 0 radical (unpaired) electrons. The molecule has 0 atom stereocenters. The van der Waals surface area contributed by atoms with Gasteiger partial charge in [-0.3, -0.25) is 13.9 Å². The van der Waals surface area contributed by atoms with E-state index in [1.807, 2.05) is 0 Å². The van der Waals surface area contributed by atoms with Crippen molar-refractivity contribution in [3.63, 3.8) is 0 Å². The first-order valence-electron chi connectivity index (χ1n) is 8.78. The van der Waals surface area contributed by atoms with Crippen LogP contribution in [0.2, 0.25) is 0 Å². The molecule has 1 amide bonds. The molecule has 2 rings (SSSR count). The van der Waals surface area contributed by atoms with Gasteiger partial charge in [0.25, 0.3) is 0 Å². The summed E-state index contributed by atoms with van der Waals surface area (Å²) < 4.78 is 30.3. The van der Waals surface area contributed by atoms with Crippen molar-refractivity contribution in [2.24, 2.45) is 0 Å². The van der Waals surface area contributed by atoms with Gasteiger partial charge in [0.05, 0.1) is 29.8 Å². The third kappa shape index (κ3) is 5.89. The Morgan fingerprint density at radius 2 is 1.76 bits per heavy atom. The van der Waals surface area contributed by atoms with E-state index in [-0.39, 0.29) is 29.3 Å². The van der Waals surface area contributed by atoms with E-state index in [1.165, 1.54) is 37.3 Å². The summed E-state index contributed by atoms with van der Waals surface area (Å²) >= 11 is 0. The number of rotatable bonds is 8. The number of esters is 1. The molecule has 8 nitrogen and oxygen atoms in total. The van der Waals surface area contributed by atoms with Crippen molar-refractivity contribution < 1.29 is 27.5 Å². The molecular formula is C20H22N2O6S. The second-order valence-corrected chi connectivity index (χ2v) is 8.10. The van der Waals surface area contributed by atoms with E-state index in [2.05, 4.69) is 5.32 Å². The van der Waals surface area contributed by atoms with Gasteiger partial charge >= 0.3 is 5.97 Å². The van der Waals surface area contributed by atoms with Crippen molar-refractivity contribution in [3.8, 4) is 0 Å². The molecule has 154 valence electrons. The monoisotopic (exact) mass is 418 g/mol. The molecule has 9 heteroatoms. The summed E-state index contributed by atoms with van der Waals surface area (Å²) in [6.45, 7) is 2.67. The van der Waals surface area contributed by atoms with Crippen LogP contribution in [0.15, 0.2) is 48.5 Å². The van der Waals surface area contributed by atoms with Gasteiger partial charge in [0, 0.05) is 5.56 Å². The molecule has 0 aromatic heterocycles. The van der Waals surface area contributed by atoms with Crippen LogP contribution in [0.25, 0.3) is 0 Å². The molecule has 2 aromatic carbocycles. The number of benzene rings is 2. The minimum atomic E-state index is -3.81. The van der Waals surface area contributed by atoms with Crippen LogP contribution in [-0.2, 0) is 19.6 Å². The first-order valence-corrected chi connectivity index (χ1v) is 10.6. The first kappa shape index (κ1) is 22.1. The number of sulfonamides is 1. The number of anilines is 2. The maximum absolute atomic E-state index is 12.6. The molecule has 0 saturated heterocycles. The van der Waals surface area contributed by atoms with Crippen molar-refractivity contribution >= 4 is 39.1 Å². The van der Waals surface area contributed by atoms with Crippen molar-refractivity contribution in [1.29, 1.82) is 0 Å². The average molecular weight is 418 g/mol. The van der Waals surface area contributed by atoms with Crippen LogP contribution in [0.1, 0.15) is 34.6 Å². The fraction of sp³-hybridized carbons (Fsp3) is 0.250. The number of carbonyl (C=O) groups excluding carboxylic acids is 3. The van der Waals surface area contributed by atoms with Gasteiger partial charge in [-0.1, -0.05) is 24.3 Å². The molecule has 1 N–H and O–H groups in total. The Labute approximate surface area is 169 Å². The lowest BCUT2D eigenvalue weighted by atomic mass is 10.1. The molecule has 0 saturated carbocycles. The van der Waals surface area contributed by atoms with Gasteiger partial charge in [0.1, 0.15) is 6.54 Å². The second-order valence-electron chi connectivity index (χ2n) is 6.19. The van der Waals surface area contributed by atoms with Crippen LogP contribution in [0.3, 0.4) is 0 Å². The molecule has 0 bridgehead atoms. The predicted molar refractivity (Wildman–Crippen MR) is 110 cm³/mol. The molecule has 0 fully saturated rings. The zero-order chi connectivity index (χ0) is 21.6. The summed E-state index contributed by atoms with van der Waals surface area (Å²) in [7, 11) is -3.81. The predicted octanol–water partition coefficient (Wildman–Crippen LogP) is 2.47. The minimum Gasteiger partial charge on any atom is -0.462 e. The van der Waals surface area contributed by atoms with Gasteiger partial charge in [-0.05, 0) is 38.1 Å². The van der Waals surface area contributed by atoms with Crippen LogP contribution >= 0.6 is 0 Å². The highest BCUT2D eigenvalue weighted by Gasteiger charge is 2.22. The number of para-hydroxylation sites is 1. The quantitative estimate of drug-likeness (QED) is 0.521. The van der Waals surface area contributed by atoms with Gasteiger partial charge in [0.2, 0.25) is 15.9 Å². The summed E-state index contributed by atoms with van der Waals surface area (Å²) in [6.07, 6.45) is 0.966. The molecule has 29 heavy (non-hydrogen) atoms. The molecule has 0 unspecified atom stereocenters. The fourth-order valence-electron chi connectivity index (χ4n) is 2.58. The minimum absolute atomic E-state index is 0.159. The van der Waals surface area contributed by atoms with E-state index in [4.69, 9.17) is 4.74 Å².